The van der Waals surface area contributed by atoms with Gasteiger partial charge < -0.3 is 25.0 Å². The third-order valence-corrected chi connectivity index (χ3v) is 9.94. The summed E-state index contributed by atoms with van der Waals surface area (Å²) in [5.74, 6) is 1.28. The summed E-state index contributed by atoms with van der Waals surface area (Å²) in [4.78, 5) is 17.1. The Balaban J connectivity index is 1.14. The zero-order valence-electron chi connectivity index (χ0n) is 22.9. The van der Waals surface area contributed by atoms with Gasteiger partial charge in [0.25, 0.3) is 0 Å². The Bertz CT molecular complexity index is 1440. The number of piperazine rings is 1. The van der Waals surface area contributed by atoms with Gasteiger partial charge in [-0.3, -0.25) is 4.90 Å². The van der Waals surface area contributed by atoms with E-state index in [2.05, 4.69) is 26.1 Å². The first-order valence-electron chi connectivity index (χ1n) is 14.9. The van der Waals surface area contributed by atoms with E-state index in [1.165, 1.54) is 18.4 Å². The lowest BCUT2D eigenvalue weighted by molar-refractivity contribution is 0.107. The van der Waals surface area contributed by atoms with Gasteiger partial charge in [0.1, 0.15) is 24.3 Å². The maximum atomic E-state index is 14.4. The Kier molecular flexibility index (Phi) is 5.81. The SMILES string of the molecule is Oc1cc(N2CCc3c(nc(OCC45CCCN4C[C@H](F)C5)nc3N3CC4CCC(C3)N4)C2)c2ccccc2c1. The maximum absolute atomic E-state index is 14.4. The number of hydrogen-bond acceptors (Lipinski definition) is 8. The van der Waals surface area contributed by atoms with Crippen molar-refractivity contribution in [1.82, 2.24) is 20.2 Å². The van der Waals surface area contributed by atoms with Crippen LogP contribution < -0.4 is 19.9 Å². The number of nitrogens with zero attached hydrogens (tertiary/aromatic N) is 5. The van der Waals surface area contributed by atoms with Crippen molar-refractivity contribution >= 4 is 22.3 Å². The third-order valence-electron chi connectivity index (χ3n) is 9.94. The normalized spacial score (nSPS) is 29.7. The number of fused-ring (bicyclic) bond motifs is 5. The van der Waals surface area contributed by atoms with Crippen molar-refractivity contribution in [3.8, 4) is 11.8 Å². The largest absolute Gasteiger partial charge is 0.508 e. The molecule has 40 heavy (non-hydrogen) atoms. The summed E-state index contributed by atoms with van der Waals surface area (Å²) in [5, 5.41) is 16.4. The van der Waals surface area contributed by atoms with E-state index in [-0.39, 0.29) is 11.3 Å². The first-order valence-corrected chi connectivity index (χ1v) is 14.9. The van der Waals surface area contributed by atoms with Crippen LogP contribution in [0.15, 0.2) is 36.4 Å². The summed E-state index contributed by atoms with van der Waals surface area (Å²) in [5.41, 5.74) is 2.98. The van der Waals surface area contributed by atoms with Gasteiger partial charge in [-0.05, 0) is 50.1 Å². The van der Waals surface area contributed by atoms with E-state index in [9.17, 15) is 9.50 Å². The maximum Gasteiger partial charge on any atom is 0.318 e. The zero-order valence-corrected chi connectivity index (χ0v) is 22.9. The van der Waals surface area contributed by atoms with Crippen molar-refractivity contribution in [3.63, 3.8) is 0 Å². The second-order valence-corrected chi connectivity index (χ2v) is 12.5. The number of benzene rings is 2. The van der Waals surface area contributed by atoms with Crippen LogP contribution in [0.5, 0.6) is 11.8 Å². The van der Waals surface area contributed by atoms with Crippen molar-refractivity contribution in [2.24, 2.45) is 0 Å². The molecule has 2 N–H and O–H groups in total. The van der Waals surface area contributed by atoms with Crippen LogP contribution in [0.3, 0.4) is 0 Å². The lowest BCUT2D eigenvalue weighted by Crippen LogP contribution is -2.52. The van der Waals surface area contributed by atoms with Gasteiger partial charge in [-0.1, -0.05) is 24.3 Å². The quantitative estimate of drug-likeness (QED) is 0.503. The second-order valence-electron chi connectivity index (χ2n) is 12.5. The van der Waals surface area contributed by atoms with E-state index in [1.807, 2.05) is 30.3 Å². The lowest BCUT2D eigenvalue weighted by Gasteiger charge is -2.38. The molecular formula is C31H37FN6O2. The van der Waals surface area contributed by atoms with Crippen LogP contribution in [-0.2, 0) is 13.0 Å². The average molecular weight is 545 g/mol. The molecule has 5 aliphatic heterocycles. The molecule has 0 aliphatic carbocycles. The number of aromatic nitrogens is 2. The Morgan fingerprint density at radius 2 is 1.90 bits per heavy atom. The Labute approximate surface area is 234 Å². The van der Waals surface area contributed by atoms with Crippen LogP contribution in [-0.4, -0.2) is 83.1 Å². The van der Waals surface area contributed by atoms with Gasteiger partial charge >= 0.3 is 6.01 Å². The van der Waals surface area contributed by atoms with Gasteiger partial charge in [0.05, 0.1) is 17.8 Å². The molecule has 6 heterocycles. The molecule has 0 radical (unpaired) electrons. The number of rotatable bonds is 5. The van der Waals surface area contributed by atoms with Crippen LogP contribution in [0.4, 0.5) is 15.9 Å². The minimum Gasteiger partial charge on any atom is -0.508 e. The molecule has 5 aliphatic rings. The molecule has 9 heteroatoms. The zero-order chi connectivity index (χ0) is 26.8. The number of phenols is 1. The average Bonchev–Trinajstić information content (AvgIpc) is 3.60. The minimum atomic E-state index is -0.786. The van der Waals surface area contributed by atoms with E-state index in [1.54, 1.807) is 0 Å². The highest BCUT2D eigenvalue weighted by Crippen LogP contribution is 2.41. The predicted molar refractivity (Wildman–Crippen MR) is 153 cm³/mol. The van der Waals surface area contributed by atoms with Gasteiger partial charge in [-0.25, -0.2) is 4.39 Å². The topological polar surface area (TPSA) is 77.0 Å². The molecule has 3 aromatic rings. The number of alkyl halides is 1. The number of phenolic OH excluding ortho intramolecular Hbond substituents is 1. The number of nitrogens with one attached hydrogen (secondary N) is 1. The molecule has 0 amide bonds. The van der Waals surface area contributed by atoms with E-state index in [4.69, 9.17) is 14.7 Å². The van der Waals surface area contributed by atoms with Crippen molar-refractivity contribution < 1.29 is 14.2 Å². The molecule has 4 fully saturated rings. The van der Waals surface area contributed by atoms with Crippen LogP contribution in [0.1, 0.15) is 43.4 Å². The van der Waals surface area contributed by atoms with Crippen molar-refractivity contribution in [2.75, 3.05) is 49.1 Å². The van der Waals surface area contributed by atoms with E-state index < -0.39 is 6.17 Å². The molecule has 1 aromatic heterocycles. The fourth-order valence-corrected chi connectivity index (χ4v) is 8.07. The number of anilines is 2. The highest BCUT2D eigenvalue weighted by Gasteiger charge is 2.49. The van der Waals surface area contributed by atoms with E-state index in [0.717, 1.165) is 73.4 Å². The molecule has 8 nitrogen and oxygen atoms in total. The predicted octanol–water partition coefficient (Wildman–Crippen LogP) is 3.79. The molecule has 2 aromatic carbocycles. The van der Waals surface area contributed by atoms with Gasteiger partial charge in [-0.2, -0.15) is 9.97 Å². The Morgan fingerprint density at radius 1 is 1.05 bits per heavy atom. The fourth-order valence-electron chi connectivity index (χ4n) is 8.07. The van der Waals surface area contributed by atoms with Crippen molar-refractivity contribution in [3.05, 3.63) is 47.7 Å². The van der Waals surface area contributed by atoms with Crippen LogP contribution >= 0.6 is 0 Å². The minimum absolute atomic E-state index is 0.237. The summed E-state index contributed by atoms with van der Waals surface area (Å²) in [6.45, 7) is 5.22. The van der Waals surface area contributed by atoms with E-state index >= 15 is 0 Å². The Hall–Kier alpha value is -3.17. The molecule has 8 rings (SSSR count). The summed E-state index contributed by atoms with van der Waals surface area (Å²) >= 11 is 0. The Morgan fingerprint density at radius 3 is 2.77 bits per heavy atom. The number of aromatic hydroxyl groups is 1. The van der Waals surface area contributed by atoms with Crippen LogP contribution in [0.25, 0.3) is 10.8 Å². The number of halogens is 1. The van der Waals surface area contributed by atoms with Crippen molar-refractivity contribution in [2.45, 2.75) is 68.9 Å². The molecular weight excluding hydrogens is 507 g/mol. The summed E-state index contributed by atoms with van der Waals surface area (Å²) < 4.78 is 20.8. The van der Waals surface area contributed by atoms with E-state index in [0.29, 0.717) is 44.2 Å². The number of ether oxygens (including phenoxy) is 1. The molecule has 4 saturated heterocycles. The summed E-state index contributed by atoms with van der Waals surface area (Å²) in [7, 11) is 0. The van der Waals surface area contributed by atoms with Gasteiger partial charge in [0.15, 0.2) is 0 Å². The molecule has 0 spiro atoms. The third kappa shape index (κ3) is 4.16. The lowest BCUT2D eigenvalue weighted by atomic mass is 9.95. The molecule has 2 bridgehead atoms. The van der Waals surface area contributed by atoms with Gasteiger partial charge in [-0.15, -0.1) is 0 Å². The van der Waals surface area contributed by atoms with Gasteiger partial charge in [0, 0.05) is 67.4 Å². The number of hydrogen-bond donors (Lipinski definition) is 2. The monoisotopic (exact) mass is 544 g/mol. The molecule has 210 valence electrons. The highest BCUT2D eigenvalue weighted by molar-refractivity contribution is 5.95. The van der Waals surface area contributed by atoms with Crippen LogP contribution in [0.2, 0.25) is 0 Å². The van der Waals surface area contributed by atoms with Crippen LogP contribution in [0, 0.1) is 0 Å². The standard InChI is InChI=1S/C31H37FN6O2/c32-21-14-31(9-3-10-38(31)15-21)19-40-30-34-27-18-36(28-13-24(39)12-20-4-1-2-5-25(20)28)11-8-26(27)29(35-30)37-16-22-6-7-23(17-37)33-22/h1-2,4-5,12-13,21-23,33,39H,3,6-11,14-19H2/t21-,22?,23?,31?/m1/s1. The highest BCUT2D eigenvalue weighted by atomic mass is 19.1. The fraction of sp³-hybridized carbons (Fsp3) is 0.548. The smallest absolute Gasteiger partial charge is 0.318 e. The molecule has 0 saturated carbocycles. The molecule has 4 atom stereocenters. The second kappa shape index (κ2) is 9.45. The first kappa shape index (κ1) is 24.6. The first-order chi connectivity index (χ1) is 19.5. The van der Waals surface area contributed by atoms with Gasteiger partial charge in [0.2, 0.25) is 0 Å². The molecule has 3 unspecified atom stereocenters. The summed E-state index contributed by atoms with van der Waals surface area (Å²) in [6, 6.07) is 13.3. The van der Waals surface area contributed by atoms with Crippen molar-refractivity contribution in [1.29, 1.82) is 0 Å². The summed E-state index contributed by atoms with van der Waals surface area (Å²) in [6.07, 6.45) is 5.04.